The number of hydrogen-bond acceptors (Lipinski definition) is 6. The Morgan fingerprint density at radius 3 is 2.61 bits per heavy atom. The molecule has 1 aromatic carbocycles. The minimum absolute atomic E-state index is 0.0254. The molecule has 2 aromatic rings. The monoisotopic (exact) mass is 240 g/mol. The van der Waals surface area contributed by atoms with Crippen LogP contribution in [0.1, 0.15) is 11.4 Å². The Balaban J connectivity index is 2.21. The predicted molar refractivity (Wildman–Crippen MR) is 67.5 cm³/mol. The van der Waals surface area contributed by atoms with E-state index in [-0.39, 0.29) is 11.8 Å². The van der Waals surface area contributed by atoms with E-state index in [9.17, 15) is 0 Å². The van der Waals surface area contributed by atoms with E-state index in [1.807, 2.05) is 48.3 Å². The van der Waals surface area contributed by atoms with Crippen molar-refractivity contribution in [2.24, 2.45) is 0 Å². The highest BCUT2D eigenvalue weighted by Crippen LogP contribution is 2.11. The average molecular weight is 240 g/mol. The Kier molecular flexibility index (Phi) is 3.34. The van der Waals surface area contributed by atoms with Gasteiger partial charge < -0.3 is 10.6 Å². The van der Waals surface area contributed by atoms with Gasteiger partial charge in [-0.1, -0.05) is 30.3 Å². The smallest absolute Gasteiger partial charge is 0.238 e. The van der Waals surface area contributed by atoms with Gasteiger partial charge >= 0.3 is 0 Å². The van der Waals surface area contributed by atoms with Crippen LogP contribution in [-0.4, -0.2) is 22.0 Å². The molecule has 0 bridgehead atoms. The summed E-state index contributed by atoms with van der Waals surface area (Å²) in [7, 11) is 1.84. The first-order valence-electron chi connectivity index (χ1n) is 5.36. The van der Waals surface area contributed by atoms with Gasteiger partial charge in [0.25, 0.3) is 0 Å². The third-order valence-corrected chi connectivity index (χ3v) is 2.34. The van der Waals surface area contributed by atoms with Gasteiger partial charge in [-0.2, -0.15) is 20.2 Å². The van der Waals surface area contributed by atoms with Crippen molar-refractivity contribution >= 4 is 11.9 Å². The maximum Gasteiger partial charge on any atom is 0.238 e. The lowest BCUT2D eigenvalue weighted by atomic mass is 10.2. The van der Waals surface area contributed by atoms with Crippen molar-refractivity contribution in [3.63, 3.8) is 0 Å². The molecule has 0 amide bonds. The second-order valence-corrected chi connectivity index (χ2v) is 3.77. The first-order chi connectivity index (χ1) is 8.69. The summed E-state index contributed by atoms with van der Waals surface area (Å²) >= 11 is 0. The number of nitrogen functional groups attached to an aromatic ring is 1. The summed E-state index contributed by atoms with van der Waals surface area (Å²) in [5, 5.41) is 8.78. The van der Waals surface area contributed by atoms with Gasteiger partial charge in [-0.15, -0.1) is 0 Å². The molecule has 0 fully saturated rings. The van der Waals surface area contributed by atoms with Crippen LogP contribution in [0.5, 0.6) is 0 Å². The SMILES string of the molecule is CN(Cc1ccccc1)c1nc(N)nc(C#N)n1. The van der Waals surface area contributed by atoms with E-state index < -0.39 is 0 Å². The van der Waals surface area contributed by atoms with Crippen LogP contribution in [0.4, 0.5) is 11.9 Å². The summed E-state index contributed by atoms with van der Waals surface area (Å²) < 4.78 is 0. The Labute approximate surface area is 105 Å². The molecule has 90 valence electrons. The summed E-state index contributed by atoms with van der Waals surface area (Å²) in [5.74, 6) is 0.469. The van der Waals surface area contributed by atoms with Crippen LogP contribution < -0.4 is 10.6 Å². The van der Waals surface area contributed by atoms with Crippen molar-refractivity contribution in [3.8, 4) is 6.07 Å². The third kappa shape index (κ3) is 2.71. The fourth-order valence-electron chi connectivity index (χ4n) is 1.53. The number of benzene rings is 1. The van der Waals surface area contributed by atoms with Crippen LogP contribution in [0.15, 0.2) is 30.3 Å². The summed E-state index contributed by atoms with van der Waals surface area (Å²) in [6, 6.07) is 11.8. The van der Waals surface area contributed by atoms with E-state index in [1.165, 1.54) is 0 Å². The van der Waals surface area contributed by atoms with Crippen molar-refractivity contribution < 1.29 is 0 Å². The van der Waals surface area contributed by atoms with Crippen molar-refractivity contribution in [1.82, 2.24) is 15.0 Å². The minimum Gasteiger partial charge on any atom is -0.368 e. The number of nitrogens with two attached hydrogens (primary N) is 1. The maximum absolute atomic E-state index is 8.78. The van der Waals surface area contributed by atoms with Crippen molar-refractivity contribution in [3.05, 3.63) is 41.7 Å². The molecule has 1 aromatic heterocycles. The molecular weight excluding hydrogens is 228 g/mol. The van der Waals surface area contributed by atoms with Gasteiger partial charge in [-0.05, 0) is 5.56 Å². The normalized spacial score (nSPS) is 9.78. The Hall–Kier alpha value is -2.68. The predicted octanol–water partition coefficient (Wildman–Crippen LogP) is 0.962. The largest absolute Gasteiger partial charge is 0.368 e. The number of hydrogen-bond donors (Lipinski definition) is 1. The number of aromatic nitrogens is 3. The van der Waals surface area contributed by atoms with Gasteiger partial charge in [0.1, 0.15) is 6.07 Å². The molecule has 18 heavy (non-hydrogen) atoms. The van der Waals surface area contributed by atoms with E-state index >= 15 is 0 Å². The fourth-order valence-corrected chi connectivity index (χ4v) is 1.53. The lowest BCUT2D eigenvalue weighted by Crippen LogP contribution is -2.20. The Bertz CT molecular complexity index is 575. The summed E-state index contributed by atoms with van der Waals surface area (Å²) in [6.45, 7) is 0.634. The van der Waals surface area contributed by atoms with Crippen molar-refractivity contribution in [2.45, 2.75) is 6.54 Å². The van der Waals surface area contributed by atoms with E-state index in [0.717, 1.165) is 5.56 Å². The summed E-state index contributed by atoms with van der Waals surface area (Å²) in [4.78, 5) is 13.5. The molecular formula is C12H12N6. The molecule has 0 unspecified atom stereocenters. The molecule has 0 spiro atoms. The van der Waals surface area contributed by atoms with Crippen LogP contribution in [0.25, 0.3) is 0 Å². The van der Waals surface area contributed by atoms with Crippen molar-refractivity contribution in [2.75, 3.05) is 17.7 Å². The van der Waals surface area contributed by atoms with E-state index in [0.29, 0.717) is 12.5 Å². The molecule has 2 N–H and O–H groups in total. The molecule has 0 aliphatic rings. The van der Waals surface area contributed by atoms with Gasteiger partial charge in [-0.3, -0.25) is 0 Å². The number of rotatable bonds is 3. The Morgan fingerprint density at radius 1 is 1.22 bits per heavy atom. The molecule has 6 nitrogen and oxygen atoms in total. The highest BCUT2D eigenvalue weighted by atomic mass is 15.3. The molecule has 0 radical (unpaired) electrons. The van der Waals surface area contributed by atoms with Gasteiger partial charge in [0.15, 0.2) is 0 Å². The quantitative estimate of drug-likeness (QED) is 0.859. The van der Waals surface area contributed by atoms with Crippen molar-refractivity contribution in [1.29, 1.82) is 5.26 Å². The number of nitrogens with zero attached hydrogens (tertiary/aromatic N) is 5. The third-order valence-electron chi connectivity index (χ3n) is 2.34. The van der Waals surface area contributed by atoms with Gasteiger partial charge in [-0.25, -0.2) is 0 Å². The lowest BCUT2D eigenvalue weighted by Gasteiger charge is -2.16. The van der Waals surface area contributed by atoms with Crippen LogP contribution in [0.3, 0.4) is 0 Å². The van der Waals surface area contributed by atoms with E-state index in [4.69, 9.17) is 11.0 Å². The second kappa shape index (κ2) is 5.10. The number of nitriles is 1. The molecule has 0 atom stereocenters. The maximum atomic E-state index is 8.78. The number of anilines is 2. The molecule has 0 saturated heterocycles. The van der Waals surface area contributed by atoms with Gasteiger partial charge in [0.05, 0.1) is 0 Å². The van der Waals surface area contributed by atoms with Crippen LogP contribution >= 0.6 is 0 Å². The van der Waals surface area contributed by atoms with E-state index in [2.05, 4.69) is 15.0 Å². The zero-order valence-corrected chi connectivity index (χ0v) is 9.91. The second-order valence-electron chi connectivity index (χ2n) is 3.77. The zero-order chi connectivity index (χ0) is 13.0. The molecule has 6 heteroatoms. The molecule has 0 aliphatic heterocycles. The molecule has 0 aliphatic carbocycles. The summed E-state index contributed by atoms with van der Waals surface area (Å²) in [5.41, 5.74) is 6.65. The van der Waals surface area contributed by atoms with Crippen LogP contribution in [0, 0.1) is 11.3 Å². The topological polar surface area (TPSA) is 91.7 Å². The molecule has 0 saturated carbocycles. The highest BCUT2D eigenvalue weighted by Gasteiger charge is 2.08. The zero-order valence-electron chi connectivity index (χ0n) is 9.91. The lowest BCUT2D eigenvalue weighted by molar-refractivity contribution is 0.851. The average Bonchev–Trinajstić information content (AvgIpc) is 2.39. The first kappa shape index (κ1) is 11.8. The highest BCUT2D eigenvalue weighted by molar-refractivity contribution is 5.37. The fraction of sp³-hybridized carbons (Fsp3) is 0.167. The summed E-state index contributed by atoms with van der Waals surface area (Å²) in [6.07, 6.45) is 0. The van der Waals surface area contributed by atoms with Gasteiger partial charge in [0, 0.05) is 13.6 Å². The van der Waals surface area contributed by atoms with E-state index in [1.54, 1.807) is 0 Å². The molecule has 1 heterocycles. The molecule has 2 rings (SSSR count). The van der Waals surface area contributed by atoms with Crippen LogP contribution in [-0.2, 0) is 6.54 Å². The Morgan fingerprint density at radius 2 is 1.94 bits per heavy atom. The standard InChI is InChI=1S/C12H12N6/c1-18(8-9-5-3-2-4-6-9)12-16-10(7-13)15-11(14)17-12/h2-6H,8H2,1H3,(H2,14,15,16,17). The minimum atomic E-state index is 0.0254. The first-order valence-corrected chi connectivity index (χ1v) is 5.36. The van der Waals surface area contributed by atoms with Crippen LogP contribution in [0.2, 0.25) is 0 Å². The van der Waals surface area contributed by atoms with Gasteiger partial charge in [0.2, 0.25) is 17.7 Å².